The van der Waals surface area contributed by atoms with Crippen molar-refractivity contribution in [1.82, 2.24) is 9.78 Å². The molecule has 1 aromatic rings. The van der Waals surface area contributed by atoms with Crippen molar-refractivity contribution in [3.05, 3.63) is 15.5 Å². The molecule has 5 heteroatoms. The number of methoxy groups -OCH3 is 1. The standard InChI is InChI=1S/C9H13IN2O2/c1-4-6(2)12-5-7(10)8(11-12)9(13)14-3/h5-6H,4H2,1-3H3/t6-/m0/s1. The summed E-state index contributed by atoms with van der Waals surface area (Å²) in [5.41, 5.74) is 0.397. The van der Waals surface area contributed by atoms with Crippen LogP contribution in [-0.2, 0) is 4.74 Å². The summed E-state index contributed by atoms with van der Waals surface area (Å²) in [6, 6.07) is 0.307. The number of rotatable bonds is 3. The molecule has 0 amide bonds. The molecule has 1 atom stereocenters. The van der Waals surface area contributed by atoms with E-state index in [2.05, 4.69) is 46.3 Å². The zero-order valence-corrected chi connectivity index (χ0v) is 10.6. The van der Waals surface area contributed by atoms with Gasteiger partial charge in [0.15, 0.2) is 5.69 Å². The Hall–Kier alpha value is -0.590. The molecule has 0 aliphatic heterocycles. The Morgan fingerprint density at radius 2 is 2.43 bits per heavy atom. The largest absolute Gasteiger partial charge is 0.464 e. The molecule has 0 bridgehead atoms. The number of ether oxygens (including phenoxy) is 1. The fourth-order valence-corrected chi connectivity index (χ4v) is 1.63. The Bertz CT molecular complexity index is 336. The minimum absolute atomic E-state index is 0.307. The summed E-state index contributed by atoms with van der Waals surface area (Å²) in [7, 11) is 1.36. The SMILES string of the molecule is CC[C@H](C)n1cc(I)c(C(=O)OC)n1. The van der Waals surface area contributed by atoms with E-state index in [-0.39, 0.29) is 5.97 Å². The summed E-state index contributed by atoms with van der Waals surface area (Å²) in [5.74, 6) is -0.378. The number of hydrogen-bond donors (Lipinski definition) is 0. The first-order valence-corrected chi connectivity index (χ1v) is 5.51. The van der Waals surface area contributed by atoms with Crippen molar-refractivity contribution in [2.24, 2.45) is 0 Å². The van der Waals surface area contributed by atoms with Gasteiger partial charge in [-0.3, -0.25) is 4.68 Å². The topological polar surface area (TPSA) is 44.1 Å². The maximum atomic E-state index is 11.3. The Balaban J connectivity index is 2.98. The summed E-state index contributed by atoms with van der Waals surface area (Å²) < 4.78 is 7.25. The van der Waals surface area contributed by atoms with Gasteiger partial charge in [-0.1, -0.05) is 6.92 Å². The molecule has 0 unspecified atom stereocenters. The molecule has 0 radical (unpaired) electrons. The van der Waals surface area contributed by atoms with Crippen molar-refractivity contribution >= 4 is 28.6 Å². The van der Waals surface area contributed by atoms with Crippen molar-refractivity contribution in [3.8, 4) is 0 Å². The molecule has 4 nitrogen and oxygen atoms in total. The van der Waals surface area contributed by atoms with E-state index < -0.39 is 0 Å². The van der Waals surface area contributed by atoms with Crippen LogP contribution in [0, 0.1) is 3.57 Å². The molecule has 0 spiro atoms. The van der Waals surface area contributed by atoms with E-state index in [0.717, 1.165) is 9.99 Å². The second-order valence-corrected chi connectivity index (χ2v) is 4.22. The molecule has 1 rings (SSSR count). The molecular formula is C9H13IN2O2. The average Bonchev–Trinajstić information content (AvgIpc) is 2.58. The second-order valence-electron chi connectivity index (χ2n) is 3.05. The van der Waals surface area contributed by atoms with Crippen LogP contribution in [0.3, 0.4) is 0 Å². The van der Waals surface area contributed by atoms with E-state index in [4.69, 9.17) is 0 Å². The van der Waals surface area contributed by atoms with Crippen LogP contribution in [0.2, 0.25) is 0 Å². The van der Waals surface area contributed by atoms with Crippen molar-refractivity contribution in [2.75, 3.05) is 7.11 Å². The molecule has 1 heterocycles. The Morgan fingerprint density at radius 1 is 1.79 bits per heavy atom. The van der Waals surface area contributed by atoms with Crippen molar-refractivity contribution in [3.63, 3.8) is 0 Å². The van der Waals surface area contributed by atoms with Gasteiger partial charge in [0, 0.05) is 12.2 Å². The van der Waals surface area contributed by atoms with Crippen molar-refractivity contribution in [2.45, 2.75) is 26.3 Å². The molecule has 78 valence electrons. The smallest absolute Gasteiger partial charge is 0.359 e. The zero-order chi connectivity index (χ0) is 10.7. The first-order valence-electron chi connectivity index (χ1n) is 4.43. The van der Waals surface area contributed by atoms with Crippen molar-refractivity contribution < 1.29 is 9.53 Å². The Morgan fingerprint density at radius 3 is 2.93 bits per heavy atom. The van der Waals surface area contributed by atoms with Crippen LogP contribution < -0.4 is 0 Å². The van der Waals surface area contributed by atoms with Gasteiger partial charge in [-0.2, -0.15) is 5.10 Å². The molecular weight excluding hydrogens is 295 g/mol. The maximum Gasteiger partial charge on any atom is 0.359 e. The number of carbonyl (C=O) groups is 1. The maximum absolute atomic E-state index is 11.3. The molecule has 0 saturated heterocycles. The first kappa shape index (κ1) is 11.5. The fraction of sp³-hybridized carbons (Fsp3) is 0.556. The van der Waals surface area contributed by atoms with Gasteiger partial charge < -0.3 is 4.74 Å². The number of nitrogens with zero attached hydrogens (tertiary/aromatic N) is 2. The molecule has 14 heavy (non-hydrogen) atoms. The highest BCUT2D eigenvalue weighted by Gasteiger charge is 2.16. The lowest BCUT2D eigenvalue weighted by molar-refractivity contribution is 0.0591. The van der Waals surface area contributed by atoms with Crippen LogP contribution in [0.4, 0.5) is 0 Å². The van der Waals surface area contributed by atoms with Crippen molar-refractivity contribution in [1.29, 1.82) is 0 Å². The van der Waals surface area contributed by atoms with E-state index in [0.29, 0.717) is 11.7 Å². The third kappa shape index (κ3) is 2.26. The predicted molar refractivity (Wildman–Crippen MR) is 61.3 cm³/mol. The lowest BCUT2D eigenvalue weighted by Crippen LogP contribution is -2.08. The first-order chi connectivity index (χ1) is 6.60. The predicted octanol–water partition coefficient (Wildman–Crippen LogP) is 2.25. The molecule has 0 aliphatic rings. The van der Waals surface area contributed by atoms with Gasteiger partial charge in [0.1, 0.15) is 0 Å². The quantitative estimate of drug-likeness (QED) is 0.635. The number of esters is 1. The van der Waals surface area contributed by atoms with E-state index in [9.17, 15) is 4.79 Å². The Labute approximate surface area is 96.8 Å². The van der Waals surface area contributed by atoms with Gasteiger partial charge in [-0.05, 0) is 35.9 Å². The number of aromatic nitrogens is 2. The number of carbonyl (C=O) groups excluding carboxylic acids is 1. The monoisotopic (exact) mass is 308 g/mol. The lowest BCUT2D eigenvalue weighted by atomic mass is 10.3. The van der Waals surface area contributed by atoms with Crippen LogP contribution >= 0.6 is 22.6 Å². The minimum Gasteiger partial charge on any atom is -0.464 e. The molecule has 0 aromatic carbocycles. The summed E-state index contributed by atoms with van der Waals surface area (Å²) in [4.78, 5) is 11.3. The second kappa shape index (κ2) is 4.77. The summed E-state index contributed by atoms with van der Waals surface area (Å²) >= 11 is 2.09. The molecule has 0 fully saturated rings. The van der Waals surface area contributed by atoms with Crippen LogP contribution in [0.25, 0.3) is 0 Å². The third-order valence-corrected chi connectivity index (χ3v) is 2.90. The lowest BCUT2D eigenvalue weighted by Gasteiger charge is -2.07. The van der Waals surface area contributed by atoms with Crippen LogP contribution in [0.5, 0.6) is 0 Å². The molecule has 0 saturated carbocycles. The number of hydrogen-bond acceptors (Lipinski definition) is 3. The highest BCUT2D eigenvalue weighted by Crippen LogP contribution is 2.16. The van der Waals surface area contributed by atoms with Gasteiger partial charge in [-0.25, -0.2) is 4.79 Å². The van der Waals surface area contributed by atoms with Crippen LogP contribution in [-0.4, -0.2) is 22.9 Å². The normalized spacial score (nSPS) is 12.6. The van der Waals surface area contributed by atoms with E-state index >= 15 is 0 Å². The van der Waals surface area contributed by atoms with Gasteiger partial charge in [0.25, 0.3) is 0 Å². The zero-order valence-electron chi connectivity index (χ0n) is 8.45. The molecule has 0 aliphatic carbocycles. The Kier molecular flexibility index (Phi) is 3.91. The van der Waals surface area contributed by atoms with E-state index in [1.165, 1.54) is 7.11 Å². The van der Waals surface area contributed by atoms with Gasteiger partial charge in [-0.15, -0.1) is 0 Å². The molecule has 0 N–H and O–H groups in total. The van der Waals surface area contributed by atoms with Gasteiger partial charge >= 0.3 is 5.97 Å². The van der Waals surface area contributed by atoms with Crippen LogP contribution in [0.15, 0.2) is 6.20 Å². The highest BCUT2D eigenvalue weighted by molar-refractivity contribution is 14.1. The van der Waals surface area contributed by atoms with Crippen LogP contribution in [0.1, 0.15) is 36.8 Å². The average molecular weight is 308 g/mol. The minimum atomic E-state index is -0.378. The highest BCUT2D eigenvalue weighted by atomic mass is 127. The van der Waals surface area contributed by atoms with Gasteiger partial charge in [0.2, 0.25) is 0 Å². The molecule has 1 aromatic heterocycles. The fourth-order valence-electron chi connectivity index (χ4n) is 1.02. The number of halogens is 1. The summed E-state index contributed by atoms with van der Waals surface area (Å²) in [6.45, 7) is 4.14. The van der Waals surface area contributed by atoms with E-state index in [1.54, 1.807) is 4.68 Å². The summed E-state index contributed by atoms with van der Waals surface area (Å²) in [5, 5.41) is 4.19. The van der Waals surface area contributed by atoms with Gasteiger partial charge in [0.05, 0.1) is 10.7 Å². The van der Waals surface area contributed by atoms with E-state index in [1.807, 2.05) is 6.20 Å². The third-order valence-electron chi connectivity index (χ3n) is 2.11. The summed E-state index contributed by atoms with van der Waals surface area (Å²) in [6.07, 6.45) is 2.85.